The molecule has 0 bridgehead atoms. The Kier molecular flexibility index (Phi) is 5.26. The average molecular weight is 407 g/mol. The van der Waals surface area contributed by atoms with E-state index in [2.05, 4.69) is 19.8 Å². The van der Waals surface area contributed by atoms with Crippen LogP contribution in [0.3, 0.4) is 0 Å². The van der Waals surface area contributed by atoms with Crippen LogP contribution in [-0.2, 0) is 33.7 Å². The molecule has 0 fully saturated rings. The third-order valence-corrected chi connectivity index (χ3v) is 4.79. The lowest BCUT2D eigenvalue weighted by Gasteiger charge is -2.10. The Bertz CT molecular complexity index is 859. The van der Waals surface area contributed by atoms with Gasteiger partial charge in [0, 0.05) is 7.05 Å². The standard InChI is InChI=1S/C12H11F6N3O4S/c1-3-6-7(13)9(20-25-6)26(22,23)4-5-8(12(16,17)18)19-21(2)10(5)24-11(14)15/h3,7,11H,4H2,1-2H3/b6-3-. The van der Waals surface area contributed by atoms with Crippen molar-refractivity contribution in [2.45, 2.75) is 31.6 Å². The smallest absolute Gasteiger partial charge is 0.417 e. The lowest BCUT2D eigenvalue weighted by Crippen LogP contribution is -2.25. The van der Waals surface area contributed by atoms with E-state index in [1.54, 1.807) is 0 Å². The number of aryl methyl sites for hydroxylation is 1. The molecule has 0 aromatic carbocycles. The van der Waals surface area contributed by atoms with Gasteiger partial charge in [-0.3, -0.25) is 0 Å². The molecule has 0 N–H and O–H groups in total. The third kappa shape index (κ3) is 3.78. The van der Waals surface area contributed by atoms with Gasteiger partial charge in [0.25, 0.3) is 0 Å². The number of hydrogen-bond acceptors (Lipinski definition) is 6. The summed E-state index contributed by atoms with van der Waals surface area (Å²) in [6.07, 6.45) is -6.41. The van der Waals surface area contributed by atoms with Crippen LogP contribution in [-0.4, -0.2) is 36.0 Å². The second kappa shape index (κ2) is 6.81. The summed E-state index contributed by atoms with van der Waals surface area (Å²) < 4.78 is 107. The molecule has 1 unspecified atom stereocenters. The summed E-state index contributed by atoms with van der Waals surface area (Å²) in [4.78, 5) is 4.45. The molecule has 14 heteroatoms. The molecule has 2 heterocycles. The Morgan fingerprint density at radius 3 is 2.46 bits per heavy atom. The molecule has 0 saturated carbocycles. The molecule has 0 amide bonds. The minimum Gasteiger partial charge on any atom is -0.417 e. The second-order valence-corrected chi connectivity index (χ2v) is 6.90. The first-order chi connectivity index (χ1) is 11.9. The minimum absolute atomic E-state index is 0.317. The summed E-state index contributed by atoms with van der Waals surface area (Å²) in [5, 5.41) is 4.83. The first-order valence-corrected chi connectivity index (χ1v) is 8.39. The Morgan fingerprint density at radius 2 is 2.00 bits per heavy atom. The van der Waals surface area contributed by atoms with Crippen LogP contribution in [0.25, 0.3) is 0 Å². The van der Waals surface area contributed by atoms with Gasteiger partial charge in [0.1, 0.15) is 0 Å². The fraction of sp³-hybridized carbons (Fsp3) is 0.500. The molecule has 0 saturated heterocycles. The number of nitrogens with zero attached hydrogens (tertiary/aromatic N) is 3. The van der Waals surface area contributed by atoms with E-state index in [9.17, 15) is 34.8 Å². The number of ether oxygens (including phenoxy) is 1. The molecule has 1 aromatic rings. The van der Waals surface area contributed by atoms with Crippen molar-refractivity contribution in [3.63, 3.8) is 0 Å². The van der Waals surface area contributed by atoms with Crippen molar-refractivity contribution < 1.29 is 44.3 Å². The van der Waals surface area contributed by atoms with Gasteiger partial charge in [0.15, 0.2) is 11.5 Å². The average Bonchev–Trinajstić information content (AvgIpc) is 3.01. The summed E-state index contributed by atoms with van der Waals surface area (Å²) >= 11 is 0. The maximum absolute atomic E-state index is 14.0. The summed E-state index contributed by atoms with van der Waals surface area (Å²) in [5.41, 5.74) is -2.94. The molecule has 0 spiro atoms. The lowest BCUT2D eigenvalue weighted by molar-refractivity contribution is -0.142. The maximum Gasteiger partial charge on any atom is 0.435 e. The van der Waals surface area contributed by atoms with E-state index < -0.39 is 62.5 Å². The van der Waals surface area contributed by atoms with Gasteiger partial charge in [-0.2, -0.15) is 27.1 Å². The number of rotatable bonds is 4. The molecule has 0 aliphatic carbocycles. The highest BCUT2D eigenvalue weighted by Gasteiger charge is 2.44. The number of oxime groups is 1. The molecule has 1 aromatic heterocycles. The van der Waals surface area contributed by atoms with Crippen LogP contribution in [0.4, 0.5) is 26.3 Å². The van der Waals surface area contributed by atoms with Crippen molar-refractivity contribution in [1.82, 2.24) is 9.78 Å². The highest BCUT2D eigenvalue weighted by Crippen LogP contribution is 2.37. The SMILES string of the molecule is C/C=C1\ON=C(S(=O)(=O)Cc2c(C(F)(F)F)nn(C)c2OC(F)F)C1F. The van der Waals surface area contributed by atoms with Crippen molar-refractivity contribution in [1.29, 1.82) is 0 Å². The number of sulfone groups is 1. The highest BCUT2D eigenvalue weighted by atomic mass is 32.2. The van der Waals surface area contributed by atoms with Crippen LogP contribution < -0.4 is 4.74 Å². The molecule has 1 aliphatic rings. The van der Waals surface area contributed by atoms with Crippen LogP contribution in [0.2, 0.25) is 0 Å². The van der Waals surface area contributed by atoms with Crippen molar-refractivity contribution in [2.24, 2.45) is 12.2 Å². The molecule has 1 atom stereocenters. The van der Waals surface area contributed by atoms with E-state index in [0.29, 0.717) is 4.68 Å². The van der Waals surface area contributed by atoms with Crippen LogP contribution in [0.1, 0.15) is 18.2 Å². The molecule has 0 radical (unpaired) electrons. The predicted octanol–water partition coefficient (Wildman–Crippen LogP) is 2.54. The largest absolute Gasteiger partial charge is 0.435 e. The van der Waals surface area contributed by atoms with E-state index in [1.165, 1.54) is 6.92 Å². The zero-order valence-corrected chi connectivity index (χ0v) is 13.9. The number of alkyl halides is 6. The van der Waals surface area contributed by atoms with Crippen LogP contribution in [0.15, 0.2) is 17.0 Å². The van der Waals surface area contributed by atoms with E-state index >= 15 is 0 Å². The zero-order chi connectivity index (χ0) is 19.9. The Labute approximate surface area is 142 Å². The van der Waals surface area contributed by atoms with E-state index in [-0.39, 0.29) is 0 Å². The van der Waals surface area contributed by atoms with Crippen molar-refractivity contribution in [2.75, 3.05) is 0 Å². The molecule has 2 rings (SSSR count). The molecule has 26 heavy (non-hydrogen) atoms. The second-order valence-electron chi connectivity index (χ2n) is 4.97. The number of hydrogen-bond donors (Lipinski definition) is 0. The Balaban J connectivity index is 2.51. The molecule has 7 nitrogen and oxygen atoms in total. The van der Waals surface area contributed by atoms with Gasteiger partial charge in [-0.25, -0.2) is 17.5 Å². The third-order valence-electron chi connectivity index (χ3n) is 3.20. The van der Waals surface area contributed by atoms with E-state index in [1.807, 2.05) is 0 Å². The fourth-order valence-electron chi connectivity index (χ4n) is 2.13. The Hall–Kier alpha value is -2.25. The van der Waals surface area contributed by atoms with Crippen molar-refractivity contribution >= 4 is 14.9 Å². The quantitative estimate of drug-likeness (QED) is 0.717. The van der Waals surface area contributed by atoms with Gasteiger partial charge in [0.05, 0.1) is 11.3 Å². The summed E-state index contributed by atoms with van der Waals surface area (Å²) in [6, 6.07) is 0. The van der Waals surface area contributed by atoms with Gasteiger partial charge in [0.2, 0.25) is 26.9 Å². The summed E-state index contributed by atoms with van der Waals surface area (Å²) in [5.74, 6) is -3.09. The minimum atomic E-state index is -5.16. The first kappa shape index (κ1) is 20.1. The van der Waals surface area contributed by atoms with Gasteiger partial charge in [-0.1, -0.05) is 5.16 Å². The topological polar surface area (TPSA) is 82.8 Å². The highest BCUT2D eigenvalue weighted by molar-refractivity contribution is 8.05. The normalized spacial score (nSPS) is 19.8. The number of aromatic nitrogens is 2. The van der Waals surface area contributed by atoms with Gasteiger partial charge >= 0.3 is 12.8 Å². The monoisotopic (exact) mass is 407 g/mol. The van der Waals surface area contributed by atoms with Crippen LogP contribution >= 0.6 is 0 Å². The lowest BCUT2D eigenvalue weighted by atomic mass is 10.2. The first-order valence-electron chi connectivity index (χ1n) is 6.74. The molecular formula is C12H11F6N3O4S. The summed E-state index contributed by atoms with van der Waals surface area (Å²) in [7, 11) is -3.95. The van der Waals surface area contributed by atoms with Gasteiger partial charge < -0.3 is 9.57 Å². The van der Waals surface area contributed by atoms with E-state index in [4.69, 9.17) is 0 Å². The molecular weight excluding hydrogens is 396 g/mol. The fourth-order valence-corrected chi connectivity index (χ4v) is 3.50. The van der Waals surface area contributed by atoms with Crippen molar-refractivity contribution in [3.8, 4) is 5.88 Å². The maximum atomic E-state index is 14.0. The molecule has 1 aliphatic heterocycles. The number of halogens is 6. The van der Waals surface area contributed by atoms with Crippen LogP contribution in [0.5, 0.6) is 5.88 Å². The van der Waals surface area contributed by atoms with Crippen LogP contribution in [0, 0.1) is 0 Å². The van der Waals surface area contributed by atoms with Gasteiger partial charge in [-0.05, 0) is 13.0 Å². The van der Waals surface area contributed by atoms with Gasteiger partial charge in [-0.15, -0.1) is 0 Å². The summed E-state index contributed by atoms with van der Waals surface area (Å²) in [6.45, 7) is -2.21. The van der Waals surface area contributed by atoms with Crippen molar-refractivity contribution in [3.05, 3.63) is 23.1 Å². The predicted molar refractivity (Wildman–Crippen MR) is 74.6 cm³/mol. The Morgan fingerprint density at radius 1 is 1.38 bits per heavy atom. The number of allylic oxidation sites excluding steroid dienone is 2. The zero-order valence-electron chi connectivity index (χ0n) is 13.1. The molecule has 146 valence electrons. The van der Waals surface area contributed by atoms with E-state index in [0.717, 1.165) is 13.1 Å².